The van der Waals surface area contributed by atoms with E-state index in [1.807, 2.05) is 41.3 Å². The molecule has 1 fully saturated rings. The van der Waals surface area contributed by atoms with E-state index in [0.29, 0.717) is 13.0 Å². The first kappa shape index (κ1) is 19.2. The summed E-state index contributed by atoms with van der Waals surface area (Å²) in [6.45, 7) is 5.20. The first-order valence-corrected chi connectivity index (χ1v) is 10.1. The smallest absolute Gasteiger partial charge is 0.231 e. The molecule has 29 heavy (non-hydrogen) atoms. The van der Waals surface area contributed by atoms with Gasteiger partial charge in [0.05, 0.1) is 7.11 Å². The molecule has 0 saturated carbocycles. The second-order valence-corrected chi connectivity index (χ2v) is 7.43. The molecule has 1 amide bonds. The fourth-order valence-electron chi connectivity index (χ4n) is 3.86. The molecule has 3 aromatic rings. The molecule has 1 saturated heterocycles. The fourth-order valence-corrected chi connectivity index (χ4v) is 3.86. The minimum Gasteiger partial charge on any atom is -0.497 e. The number of aryl methyl sites for hydroxylation is 2. The highest BCUT2D eigenvalue weighted by Crippen LogP contribution is 2.19. The Bertz CT molecular complexity index is 983. The number of ether oxygens (including phenoxy) is 1. The van der Waals surface area contributed by atoms with E-state index in [2.05, 4.69) is 32.5 Å². The summed E-state index contributed by atoms with van der Waals surface area (Å²) in [6, 6.07) is 13.9. The predicted octanol–water partition coefficient (Wildman–Crippen LogP) is 2.72. The molecular formula is C22H27N5O2. The second kappa shape index (κ2) is 8.51. The van der Waals surface area contributed by atoms with Gasteiger partial charge in [0.2, 0.25) is 11.9 Å². The number of hydrogen-bond donors (Lipinski definition) is 0. The Kier molecular flexibility index (Phi) is 5.64. The molecule has 7 nitrogen and oxygen atoms in total. The number of aromatic nitrogens is 3. The van der Waals surface area contributed by atoms with Crippen molar-refractivity contribution in [1.82, 2.24) is 19.5 Å². The van der Waals surface area contributed by atoms with Gasteiger partial charge in [-0.1, -0.05) is 18.2 Å². The average molecular weight is 393 g/mol. The van der Waals surface area contributed by atoms with Crippen molar-refractivity contribution in [3.63, 3.8) is 0 Å². The SMILES string of the molecule is COc1ccc(CCC(=O)N2CCCN(c3nnc4cccc(C)n34)CC2)cc1. The third kappa shape index (κ3) is 4.18. The summed E-state index contributed by atoms with van der Waals surface area (Å²) in [6.07, 6.45) is 2.20. The lowest BCUT2D eigenvalue weighted by molar-refractivity contribution is -0.130. The zero-order valence-electron chi connectivity index (χ0n) is 17.0. The van der Waals surface area contributed by atoms with Crippen LogP contribution in [0.4, 0.5) is 5.95 Å². The summed E-state index contributed by atoms with van der Waals surface area (Å²) in [4.78, 5) is 17.0. The van der Waals surface area contributed by atoms with Crippen LogP contribution in [0.5, 0.6) is 5.75 Å². The number of carbonyl (C=O) groups is 1. The van der Waals surface area contributed by atoms with Gasteiger partial charge in [0, 0.05) is 38.3 Å². The molecule has 0 aliphatic carbocycles. The summed E-state index contributed by atoms with van der Waals surface area (Å²) in [5, 5.41) is 8.70. The first-order chi connectivity index (χ1) is 14.2. The molecule has 1 aromatic carbocycles. The molecular weight excluding hydrogens is 366 g/mol. The highest BCUT2D eigenvalue weighted by atomic mass is 16.5. The zero-order valence-corrected chi connectivity index (χ0v) is 17.0. The number of carbonyl (C=O) groups excluding carboxylic acids is 1. The maximum absolute atomic E-state index is 12.8. The Labute approximate surface area is 170 Å². The number of nitrogens with zero attached hydrogens (tertiary/aromatic N) is 5. The molecule has 0 bridgehead atoms. The molecule has 0 radical (unpaired) electrons. The molecule has 152 valence electrons. The lowest BCUT2D eigenvalue weighted by Gasteiger charge is -2.22. The highest BCUT2D eigenvalue weighted by molar-refractivity contribution is 5.76. The van der Waals surface area contributed by atoms with Crippen LogP contribution in [-0.4, -0.2) is 58.7 Å². The van der Waals surface area contributed by atoms with Crippen LogP contribution < -0.4 is 9.64 Å². The van der Waals surface area contributed by atoms with Crippen LogP contribution in [-0.2, 0) is 11.2 Å². The summed E-state index contributed by atoms with van der Waals surface area (Å²) < 4.78 is 7.27. The van der Waals surface area contributed by atoms with E-state index in [1.165, 1.54) is 0 Å². The van der Waals surface area contributed by atoms with E-state index in [9.17, 15) is 4.79 Å². The van der Waals surface area contributed by atoms with Gasteiger partial charge in [-0.25, -0.2) is 0 Å². The van der Waals surface area contributed by atoms with Crippen LogP contribution in [0, 0.1) is 6.92 Å². The first-order valence-electron chi connectivity index (χ1n) is 10.1. The molecule has 0 atom stereocenters. The number of amides is 1. The molecule has 7 heteroatoms. The standard InChI is InChI=1S/C22H27N5O2/c1-17-5-3-6-20-23-24-22(27(17)20)26-14-4-13-25(15-16-26)21(28)12-9-18-7-10-19(29-2)11-8-18/h3,5-8,10-11H,4,9,12-16H2,1-2H3. The molecule has 3 heterocycles. The molecule has 1 aliphatic heterocycles. The van der Waals surface area contributed by atoms with Crippen LogP contribution >= 0.6 is 0 Å². The average Bonchev–Trinajstić information content (AvgIpc) is 3.03. The van der Waals surface area contributed by atoms with Crippen molar-refractivity contribution in [2.45, 2.75) is 26.2 Å². The van der Waals surface area contributed by atoms with Gasteiger partial charge in [0.25, 0.3) is 0 Å². The fraction of sp³-hybridized carbons (Fsp3) is 0.409. The maximum Gasteiger partial charge on any atom is 0.231 e. The lowest BCUT2D eigenvalue weighted by atomic mass is 10.1. The minimum absolute atomic E-state index is 0.213. The van der Waals surface area contributed by atoms with Gasteiger partial charge in [-0.15, -0.1) is 10.2 Å². The van der Waals surface area contributed by atoms with Crippen LogP contribution in [0.2, 0.25) is 0 Å². The third-order valence-corrected chi connectivity index (χ3v) is 5.52. The number of rotatable bonds is 5. The highest BCUT2D eigenvalue weighted by Gasteiger charge is 2.22. The van der Waals surface area contributed by atoms with Crippen molar-refractivity contribution >= 4 is 17.5 Å². The van der Waals surface area contributed by atoms with Crippen molar-refractivity contribution in [2.24, 2.45) is 0 Å². The summed E-state index contributed by atoms with van der Waals surface area (Å²) in [5.41, 5.74) is 3.12. The van der Waals surface area contributed by atoms with E-state index in [-0.39, 0.29) is 5.91 Å². The van der Waals surface area contributed by atoms with Gasteiger partial charge in [-0.3, -0.25) is 9.20 Å². The van der Waals surface area contributed by atoms with Crippen molar-refractivity contribution in [1.29, 1.82) is 0 Å². The van der Waals surface area contributed by atoms with Gasteiger partial charge in [-0.2, -0.15) is 0 Å². The topological polar surface area (TPSA) is 63.0 Å². The lowest BCUT2D eigenvalue weighted by Crippen LogP contribution is -2.35. The second-order valence-electron chi connectivity index (χ2n) is 7.43. The summed E-state index contributed by atoms with van der Waals surface area (Å²) >= 11 is 0. The summed E-state index contributed by atoms with van der Waals surface area (Å²) in [5.74, 6) is 1.92. The van der Waals surface area contributed by atoms with Crippen LogP contribution in [0.1, 0.15) is 24.1 Å². The van der Waals surface area contributed by atoms with Crippen molar-refractivity contribution in [3.8, 4) is 5.75 Å². The molecule has 0 N–H and O–H groups in total. The Balaban J connectivity index is 1.37. The number of hydrogen-bond acceptors (Lipinski definition) is 5. The van der Waals surface area contributed by atoms with Crippen LogP contribution in [0.15, 0.2) is 42.5 Å². The van der Waals surface area contributed by atoms with Crippen molar-refractivity contribution in [3.05, 3.63) is 53.7 Å². The monoisotopic (exact) mass is 393 g/mol. The molecule has 0 spiro atoms. The predicted molar refractivity (Wildman–Crippen MR) is 112 cm³/mol. The Morgan fingerprint density at radius 1 is 1.03 bits per heavy atom. The number of pyridine rings is 1. The van der Waals surface area contributed by atoms with E-state index in [0.717, 1.165) is 61.1 Å². The number of anilines is 1. The Hall–Kier alpha value is -3.09. The zero-order chi connectivity index (χ0) is 20.2. The van der Waals surface area contributed by atoms with Crippen LogP contribution in [0.3, 0.4) is 0 Å². The third-order valence-electron chi connectivity index (χ3n) is 5.52. The summed E-state index contributed by atoms with van der Waals surface area (Å²) in [7, 11) is 1.66. The normalized spacial score (nSPS) is 14.8. The molecule has 0 unspecified atom stereocenters. The number of benzene rings is 1. The van der Waals surface area contributed by atoms with Gasteiger partial charge in [0.15, 0.2) is 5.65 Å². The molecule has 1 aliphatic rings. The number of fused-ring (bicyclic) bond motifs is 1. The largest absolute Gasteiger partial charge is 0.497 e. The number of methoxy groups -OCH3 is 1. The van der Waals surface area contributed by atoms with E-state index in [1.54, 1.807) is 7.11 Å². The minimum atomic E-state index is 0.213. The van der Waals surface area contributed by atoms with Gasteiger partial charge in [-0.05, 0) is 49.6 Å². The van der Waals surface area contributed by atoms with E-state index < -0.39 is 0 Å². The molecule has 4 rings (SSSR count). The van der Waals surface area contributed by atoms with Crippen molar-refractivity contribution < 1.29 is 9.53 Å². The molecule has 2 aromatic heterocycles. The van der Waals surface area contributed by atoms with Gasteiger partial charge < -0.3 is 14.5 Å². The van der Waals surface area contributed by atoms with Gasteiger partial charge in [0.1, 0.15) is 5.75 Å². The Morgan fingerprint density at radius 3 is 2.66 bits per heavy atom. The van der Waals surface area contributed by atoms with Crippen molar-refractivity contribution in [2.75, 3.05) is 38.2 Å². The van der Waals surface area contributed by atoms with E-state index >= 15 is 0 Å². The van der Waals surface area contributed by atoms with Gasteiger partial charge >= 0.3 is 0 Å². The van der Waals surface area contributed by atoms with E-state index in [4.69, 9.17) is 4.74 Å². The quantitative estimate of drug-likeness (QED) is 0.667. The van der Waals surface area contributed by atoms with Crippen LogP contribution in [0.25, 0.3) is 5.65 Å². The maximum atomic E-state index is 12.8. The Morgan fingerprint density at radius 2 is 1.86 bits per heavy atom.